The number of amides is 1. The number of likely N-dealkylation sites (N-methyl/N-ethyl adjacent to an activating group) is 1. The van der Waals surface area contributed by atoms with Gasteiger partial charge in [0.15, 0.2) is 0 Å². The number of hydrogen-bond acceptors (Lipinski definition) is 5. The molecule has 0 unspecified atom stereocenters. The summed E-state index contributed by atoms with van der Waals surface area (Å²) in [5, 5.41) is 2.94. The molecule has 0 aliphatic carbocycles. The van der Waals surface area contributed by atoms with Crippen LogP contribution in [0, 0.1) is 11.6 Å². The molecule has 3 N–H and O–H groups in total. The van der Waals surface area contributed by atoms with Gasteiger partial charge in [0.25, 0.3) is 5.91 Å². The van der Waals surface area contributed by atoms with E-state index >= 15 is 0 Å². The number of hydrogen-bond donors (Lipinski definition) is 2. The topological polar surface area (TPSA) is 74.5 Å². The van der Waals surface area contributed by atoms with E-state index in [1.54, 1.807) is 6.07 Å². The Morgan fingerprint density at radius 2 is 1.73 bits per heavy atom. The van der Waals surface area contributed by atoms with Crippen LogP contribution in [-0.2, 0) is 13.0 Å². The summed E-state index contributed by atoms with van der Waals surface area (Å²) < 4.78 is 28.0. The molecule has 4 rings (SSSR count). The summed E-state index contributed by atoms with van der Waals surface area (Å²) in [6.45, 7) is 3.98. The maximum Gasteiger partial charge on any atom is 0.252 e. The summed E-state index contributed by atoms with van der Waals surface area (Å²) >= 11 is 0. The molecule has 1 amide bonds. The average molecular weight is 452 g/mol. The second kappa shape index (κ2) is 9.95. The Bertz CT molecular complexity index is 1110. The molecule has 1 aromatic heterocycles. The van der Waals surface area contributed by atoms with E-state index in [2.05, 4.69) is 51.4 Å². The van der Waals surface area contributed by atoms with Crippen LogP contribution in [0.3, 0.4) is 0 Å². The largest absolute Gasteiger partial charge is 0.380 e. The van der Waals surface area contributed by atoms with Gasteiger partial charge in [0.1, 0.15) is 11.6 Å². The lowest BCUT2D eigenvalue weighted by molar-refractivity contribution is 0.100. The minimum absolute atomic E-state index is 0.106. The predicted octanol–water partition coefficient (Wildman–Crippen LogP) is 3.41. The molecule has 1 fully saturated rings. The molecule has 0 radical (unpaired) electrons. The monoisotopic (exact) mass is 451 g/mol. The van der Waals surface area contributed by atoms with Crippen molar-refractivity contribution in [2.75, 3.05) is 43.4 Å². The minimum atomic E-state index is -0.665. The number of carbonyl (C=O) groups excluding carboxylic acids is 1. The quantitative estimate of drug-likeness (QED) is 0.576. The zero-order valence-corrected chi connectivity index (χ0v) is 18.5. The number of halogens is 2. The van der Waals surface area contributed by atoms with Gasteiger partial charge in [-0.3, -0.25) is 9.78 Å². The van der Waals surface area contributed by atoms with Crippen molar-refractivity contribution in [1.82, 2.24) is 9.88 Å². The number of nitrogens with zero attached hydrogens (tertiary/aromatic N) is 3. The summed E-state index contributed by atoms with van der Waals surface area (Å²) in [4.78, 5) is 20.9. The number of piperazine rings is 1. The van der Waals surface area contributed by atoms with Crippen LogP contribution < -0.4 is 16.0 Å². The lowest BCUT2D eigenvalue weighted by Crippen LogP contribution is -2.44. The summed E-state index contributed by atoms with van der Waals surface area (Å²) in [6, 6.07) is 13.8. The highest BCUT2D eigenvalue weighted by atomic mass is 19.1. The van der Waals surface area contributed by atoms with Crippen molar-refractivity contribution >= 4 is 17.3 Å². The van der Waals surface area contributed by atoms with E-state index in [-0.39, 0.29) is 17.7 Å². The molecular weight excluding hydrogens is 424 g/mol. The number of aromatic nitrogens is 1. The van der Waals surface area contributed by atoms with Crippen molar-refractivity contribution in [3.63, 3.8) is 0 Å². The Kier molecular flexibility index (Phi) is 6.84. The molecule has 2 heterocycles. The van der Waals surface area contributed by atoms with Crippen LogP contribution in [0.5, 0.6) is 0 Å². The molecule has 33 heavy (non-hydrogen) atoms. The Morgan fingerprint density at radius 1 is 1.06 bits per heavy atom. The Balaban J connectivity index is 1.48. The maximum absolute atomic E-state index is 14.0. The van der Waals surface area contributed by atoms with Crippen LogP contribution in [0.4, 0.5) is 20.2 Å². The van der Waals surface area contributed by atoms with Gasteiger partial charge in [-0.25, -0.2) is 8.78 Å². The van der Waals surface area contributed by atoms with E-state index in [1.165, 1.54) is 30.1 Å². The Morgan fingerprint density at radius 3 is 2.36 bits per heavy atom. The summed E-state index contributed by atoms with van der Waals surface area (Å²) in [5.74, 6) is -1.97. The van der Waals surface area contributed by atoms with Crippen molar-refractivity contribution in [3.8, 4) is 0 Å². The van der Waals surface area contributed by atoms with Crippen LogP contribution in [0.15, 0.2) is 54.7 Å². The number of primary amides is 1. The van der Waals surface area contributed by atoms with Crippen molar-refractivity contribution in [2.45, 2.75) is 13.0 Å². The summed E-state index contributed by atoms with van der Waals surface area (Å²) in [7, 11) is 2.13. The van der Waals surface area contributed by atoms with E-state index in [0.717, 1.165) is 31.7 Å². The Labute approximate surface area is 192 Å². The van der Waals surface area contributed by atoms with E-state index in [1.807, 2.05) is 0 Å². The molecule has 0 saturated carbocycles. The highest BCUT2D eigenvalue weighted by molar-refractivity contribution is 5.98. The zero-order valence-electron chi connectivity index (χ0n) is 18.5. The fourth-order valence-corrected chi connectivity index (χ4v) is 3.92. The zero-order chi connectivity index (χ0) is 23.4. The number of nitrogens with two attached hydrogens (primary N) is 1. The number of carbonyl (C=O) groups is 1. The molecule has 8 heteroatoms. The van der Waals surface area contributed by atoms with Gasteiger partial charge in [0, 0.05) is 62.3 Å². The highest BCUT2D eigenvalue weighted by Gasteiger charge is 2.15. The van der Waals surface area contributed by atoms with E-state index in [0.29, 0.717) is 17.8 Å². The van der Waals surface area contributed by atoms with Crippen LogP contribution in [-0.4, -0.2) is 49.0 Å². The van der Waals surface area contributed by atoms with Crippen LogP contribution in [0.1, 0.15) is 27.2 Å². The van der Waals surface area contributed by atoms with Crippen molar-refractivity contribution < 1.29 is 13.6 Å². The maximum atomic E-state index is 14.0. The second-order valence-electron chi connectivity index (χ2n) is 8.27. The van der Waals surface area contributed by atoms with Gasteiger partial charge in [-0.1, -0.05) is 18.2 Å². The van der Waals surface area contributed by atoms with Crippen molar-refractivity contribution in [2.24, 2.45) is 5.73 Å². The first kappa shape index (κ1) is 22.7. The molecule has 0 atom stereocenters. The van der Waals surface area contributed by atoms with Gasteiger partial charge in [0.2, 0.25) is 0 Å². The van der Waals surface area contributed by atoms with Gasteiger partial charge < -0.3 is 20.9 Å². The lowest BCUT2D eigenvalue weighted by atomic mass is 10.1. The number of benzene rings is 2. The highest BCUT2D eigenvalue weighted by Crippen LogP contribution is 2.22. The van der Waals surface area contributed by atoms with Crippen LogP contribution >= 0.6 is 0 Å². The molecular formula is C25H27F2N5O. The van der Waals surface area contributed by atoms with Gasteiger partial charge in [0.05, 0.1) is 11.3 Å². The Hall–Kier alpha value is -3.52. The van der Waals surface area contributed by atoms with Crippen molar-refractivity contribution in [1.29, 1.82) is 0 Å². The fraction of sp³-hybridized carbons (Fsp3) is 0.280. The predicted molar refractivity (Wildman–Crippen MR) is 125 cm³/mol. The smallest absolute Gasteiger partial charge is 0.252 e. The SMILES string of the molecule is CN1CCN(c2ccc(Cc3cc(NCc4c(F)cccc4F)c(C(N)=O)cn3)cc2)CC1. The molecule has 1 aliphatic heterocycles. The first-order valence-corrected chi connectivity index (χ1v) is 10.9. The third-order valence-corrected chi connectivity index (χ3v) is 5.93. The van der Waals surface area contributed by atoms with Gasteiger partial charge >= 0.3 is 0 Å². The third kappa shape index (κ3) is 5.46. The van der Waals surface area contributed by atoms with E-state index in [4.69, 9.17) is 5.73 Å². The van der Waals surface area contributed by atoms with Gasteiger partial charge in [-0.05, 0) is 42.9 Å². The molecule has 2 aromatic carbocycles. The van der Waals surface area contributed by atoms with Crippen LogP contribution in [0.2, 0.25) is 0 Å². The first-order valence-electron chi connectivity index (χ1n) is 10.9. The molecule has 0 bridgehead atoms. The molecule has 6 nitrogen and oxygen atoms in total. The van der Waals surface area contributed by atoms with Crippen LogP contribution in [0.25, 0.3) is 0 Å². The lowest BCUT2D eigenvalue weighted by Gasteiger charge is -2.34. The number of pyridine rings is 1. The number of rotatable bonds is 7. The normalized spacial score (nSPS) is 14.3. The first-order chi connectivity index (χ1) is 15.9. The molecule has 172 valence electrons. The van der Waals surface area contributed by atoms with E-state index < -0.39 is 17.5 Å². The summed E-state index contributed by atoms with van der Waals surface area (Å²) in [5.41, 5.74) is 8.89. The molecule has 0 spiro atoms. The van der Waals surface area contributed by atoms with Gasteiger partial charge in [-0.2, -0.15) is 0 Å². The number of anilines is 2. The molecule has 3 aromatic rings. The molecule has 1 saturated heterocycles. The molecule has 1 aliphatic rings. The number of nitrogens with one attached hydrogen (secondary N) is 1. The summed E-state index contributed by atoms with van der Waals surface area (Å²) in [6.07, 6.45) is 1.95. The average Bonchev–Trinajstić information content (AvgIpc) is 2.80. The second-order valence-corrected chi connectivity index (χ2v) is 8.27. The van der Waals surface area contributed by atoms with Crippen molar-refractivity contribution in [3.05, 3.63) is 88.7 Å². The standard InChI is InChI=1S/C25H27F2N5O/c1-31-9-11-32(12-10-31)19-7-5-17(6-8-19)13-18-14-24(21(16-29-18)25(28)33)30-15-20-22(26)3-2-4-23(20)27/h2-8,14,16H,9-13,15H2,1H3,(H2,28,33)(H,29,30). The van der Waals surface area contributed by atoms with Gasteiger partial charge in [-0.15, -0.1) is 0 Å². The minimum Gasteiger partial charge on any atom is -0.380 e. The van der Waals surface area contributed by atoms with E-state index in [9.17, 15) is 13.6 Å². The third-order valence-electron chi connectivity index (χ3n) is 5.93. The fourth-order valence-electron chi connectivity index (χ4n) is 3.92.